The van der Waals surface area contributed by atoms with Crippen LogP contribution in [0.5, 0.6) is 0 Å². The average molecular weight is 325 g/mol. The van der Waals surface area contributed by atoms with Gasteiger partial charge in [0.2, 0.25) is 0 Å². The molecule has 1 saturated heterocycles. The van der Waals surface area contributed by atoms with Crippen molar-refractivity contribution in [2.24, 2.45) is 0 Å². The second-order valence-corrected chi connectivity index (χ2v) is 4.67. The number of nitrogens with one attached hydrogen (secondary N) is 2. The van der Waals surface area contributed by atoms with Crippen molar-refractivity contribution in [2.45, 2.75) is 13.0 Å². The van der Waals surface area contributed by atoms with E-state index in [1.54, 1.807) is 0 Å². The van der Waals surface area contributed by atoms with Crippen molar-refractivity contribution in [1.82, 2.24) is 10.6 Å². The number of nitro groups is 1. The van der Waals surface area contributed by atoms with Crippen molar-refractivity contribution in [3.63, 3.8) is 0 Å². The van der Waals surface area contributed by atoms with Gasteiger partial charge in [-0.15, -0.1) is 0 Å². The third-order valence-corrected chi connectivity index (χ3v) is 2.91. The number of carboxylic acid groups (broad SMARTS) is 1. The maximum Gasteiger partial charge on any atom is 0.325 e. The van der Waals surface area contributed by atoms with E-state index >= 15 is 0 Å². The number of hydrogen-bond acceptors (Lipinski definition) is 6. The topological polar surface area (TPSA) is 131 Å². The summed E-state index contributed by atoms with van der Waals surface area (Å²) in [4.78, 5) is 32.1. The Morgan fingerprint density at radius 1 is 1.35 bits per heavy atom. The predicted octanol–water partition coefficient (Wildman–Crippen LogP) is 0.404. The van der Waals surface area contributed by atoms with E-state index in [9.17, 15) is 19.7 Å². The summed E-state index contributed by atoms with van der Waals surface area (Å²) in [5.74, 6) is -2.00. The maximum absolute atomic E-state index is 11.6. The Kier molecular flexibility index (Phi) is 7.64. The zero-order valence-corrected chi connectivity index (χ0v) is 12.7. The molecule has 0 radical (unpaired) electrons. The van der Waals surface area contributed by atoms with Gasteiger partial charge in [-0.25, -0.2) is 0 Å². The van der Waals surface area contributed by atoms with Crippen LogP contribution >= 0.6 is 0 Å². The van der Waals surface area contributed by atoms with Gasteiger partial charge in [0.25, 0.3) is 11.6 Å². The van der Waals surface area contributed by atoms with Crippen molar-refractivity contribution in [3.05, 3.63) is 39.9 Å². The van der Waals surface area contributed by atoms with Gasteiger partial charge in [0.05, 0.1) is 18.1 Å². The van der Waals surface area contributed by atoms with E-state index in [2.05, 4.69) is 10.6 Å². The number of carboxylic acids is 1. The lowest BCUT2D eigenvalue weighted by molar-refractivity contribution is -0.385. The van der Waals surface area contributed by atoms with Gasteiger partial charge in [0, 0.05) is 19.2 Å². The Morgan fingerprint density at radius 2 is 1.96 bits per heavy atom. The second kappa shape index (κ2) is 9.49. The Balaban J connectivity index is 0.000000366. The zero-order chi connectivity index (χ0) is 17.2. The van der Waals surface area contributed by atoms with E-state index in [-0.39, 0.29) is 11.3 Å². The van der Waals surface area contributed by atoms with Gasteiger partial charge in [-0.2, -0.15) is 0 Å². The third kappa shape index (κ3) is 6.41. The molecule has 0 aliphatic carbocycles. The Labute approximate surface area is 132 Å². The zero-order valence-electron chi connectivity index (χ0n) is 12.7. The normalized spacial score (nSPS) is 14.8. The highest BCUT2D eigenvalue weighted by molar-refractivity contribution is 5.99. The van der Waals surface area contributed by atoms with Crippen LogP contribution in [0.3, 0.4) is 0 Å². The number of carbonyl (C=O) groups is 2. The fraction of sp³-hybridized carbons (Fsp3) is 0.429. The Bertz CT molecular complexity index is 548. The minimum atomic E-state index is -1.21. The largest absolute Gasteiger partial charge is 0.480 e. The number of rotatable bonds is 4. The van der Waals surface area contributed by atoms with E-state index in [4.69, 9.17) is 9.84 Å². The molecule has 0 aromatic heterocycles. The first-order chi connectivity index (χ1) is 10.9. The summed E-state index contributed by atoms with van der Waals surface area (Å²) in [5.41, 5.74) is -0.520. The van der Waals surface area contributed by atoms with Crippen LogP contribution in [0.4, 0.5) is 5.69 Å². The summed E-state index contributed by atoms with van der Waals surface area (Å²) < 4.78 is 5.01. The molecule has 1 amide bonds. The van der Waals surface area contributed by atoms with E-state index in [0.29, 0.717) is 0 Å². The Morgan fingerprint density at radius 3 is 2.39 bits per heavy atom. The molecule has 0 bridgehead atoms. The molecule has 1 fully saturated rings. The van der Waals surface area contributed by atoms with Crippen LogP contribution in [0, 0.1) is 10.1 Å². The molecule has 1 aliphatic heterocycles. The first-order valence-corrected chi connectivity index (χ1v) is 6.99. The van der Waals surface area contributed by atoms with Gasteiger partial charge in [-0.05, 0) is 13.0 Å². The van der Waals surface area contributed by atoms with Crippen LogP contribution in [0.2, 0.25) is 0 Å². The number of nitro benzene ring substituents is 1. The molecular weight excluding hydrogens is 306 g/mol. The van der Waals surface area contributed by atoms with Crippen LogP contribution in [0.15, 0.2) is 24.3 Å². The van der Waals surface area contributed by atoms with E-state index in [0.717, 1.165) is 26.3 Å². The van der Waals surface area contributed by atoms with Crippen LogP contribution in [-0.4, -0.2) is 54.3 Å². The molecule has 1 aliphatic rings. The van der Waals surface area contributed by atoms with Crippen molar-refractivity contribution >= 4 is 17.6 Å². The van der Waals surface area contributed by atoms with Crippen molar-refractivity contribution < 1.29 is 24.4 Å². The molecule has 2 rings (SSSR count). The van der Waals surface area contributed by atoms with Gasteiger partial charge >= 0.3 is 5.97 Å². The van der Waals surface area contributed by atoms with Crippen LogP contribution in [0.1, 0.15) is 17.3 Å². The average Bonchev–Trinajstić information content (AvgIpc) is 2.56. The molecule has 0 spiro atoms. The predicted molar refractivity (Wildman–Crippen MR) is 81.3 cm³/mol. The van der Waals surface area contributed by atoms with Crippen molar-refractivity contribution in [3.8, 4) is 0 Å². The summed E-state index contributed by atoms with van der Waals surface area (Å²) >= 11 is 0. The third-order valence-electron chi connectivity index (χ3n) is 2.91. The first-order valence-electron chi connectivity index (χ1n) is 6.99. The van der Waals surface area contributed by atoms with E-state index in [1.165, 1.54) is 31.2 Å². The molecule has 23 heavy (non-hydrogen) atoms. The first kappa shape index (κ1) is 18.5. The number of para-hydroxylation sites is 1. The molecule has 9 nitrogen and oxygen atoms in total. The lowest BCUT2D eigenvalue weighted by Gasteiger charge is -2.10. The number of amides is 1. The molecule has 0 saturated carbocycles. The standard InChI is InChI=1S/C10H10N2O5.C4H9NO/c1-6(10(14)15)11-9(13)7-4-2-3-5-8(7)12(16)17;1-3-6-4-2-5-1/h2-6H,1H3,(H,11,13)(H,14,15);5H,1-4H2. The summed E-state index contributed by atoms with van der Waals surface area (Å²) in [5, 5.41) is 24.6. The second-order valence-electron chi connectivity index (χ2n) is 4.67. The van der Waals surface area contributed by atoms with Gasteiger partial charge in [0.15, 0.2) is 0 Å². The molecule has 1 heterocycles. The van der Waals surface area contributed by atoms with Gasteiger partial charge in [0.1, 0.15) is 11.6 Å². The van der Waals surface area contributed by atoms with E-state index < -0.39 is 22.8 Å². The molecule has 9 heteroatoms. The summed E-state index contributed by atoms with van der Waals surface area (Å²) in [6, 6.07) is 4.23. The minimum absolute atomic E-state index is 0.161. The minimum Gasteiger partial charge on any atom is -0.480 e. The maximum atomic E-state index is 11.6. The number of morpholine rings is 1. The highest BCUT2D eigenvalue weighted by Crippen LogP contribution is 2.17. The number of nitrogens with zero attached hydrogens (tertiary/aromatic N) is 1. The molecular formula is C14H19N3O6. The van der Waals surface area contributed by atoms with Crippen molar-refractivity contribution in [1.29, 1.82) is 0 Å². The Hall–Kier alpha value is -2.52. The molecule has 1 aromatic rings. The lowest BCUT2D eigenvalue weighted by Crippen LogP contribution is -2.38. The summed E-state index contributed by atoms with van der Waals surface area (Å²) in [7, 11) is 0. The van der Waals surface area contributed by atoms with Gasteiger partial charge in [-0.1, -0.05) is 12.1 Å². The number of hydrogen-bond donors (Lipinski definition) is 3. The SMILES string of the molecule is C1COCCN1.CC(NC(=O)c1ccccc1[N+](=O)[O-])C(=O)O. The lowest BCUT2D eigenvalue weighted by atomic mass is 10.1. The molecule has 1 atom stereocenters. The highest BCUT2D eigenvalue weighted by Gasteiger charge is 2.22. The fourth-order valence-corrected chi connectivity index (χ4v) is 1.68. The van der Waals surface area contributed by atoms with Crippen LogP contribution in [-0.2, 0) is 9.53 Å². The summed E-state index contributed by atoms with van der Waals surface area (Å²) in [6.07, 6.45) is 0. The van der Waals surface area contributed by atoms with E-state index in [1.807, 2.05) is 0 Å². The van der Waals surface area contributed by atoms with Gasteiger partial charge < -0.3 is 20.5 Å². The van der Waals surface area contributed by atoms with Gasteiger partial charge in [-0.3, -0.25) is 19.7 Å². The smallest absolute Gasteiger partial charge is 0.325 e. The highest BCUT2D eigenvalue weighted by atomic mass is 16.6. The quantitative estimate of drug-likeness (QED) is 0.539. The molecule has 3 N–H and O–H groups in total. The number of benzene rings is 1. The summed E-state index contributed by atoms with van der Waals surface area (Å²) in [6.45, 7) is 5.11. The van der Waals surface area contributed by atoms with Crippen LogP contribution in [0.25, 0.3) is 0 Å². The monoisotopic (exact) mass is 325 g/mol. The number of aliphatic carboxylic acids is 1. The number of ether oxygens (including phenoxy) is 1. The van der Waals surface area contributed by atoms with Crippen LogP contribution < -0.4 is 10.6 Å². The molecule has 1 unspecified atom stereocenters. The molecule has 1 aromatic carbocycles. The molecule has 126 valence electrons. The van der Waals surface area contributed by atoms with Crippen molar-refractivity contribution in [2.75, 3.05) is 26.3 Å². The fourth-order valence-electron chi connectivity index (χ4n) is 1.68. The number of carbonyl (C=O) groups excluding carboxylic acids is 1.